The van der Waals surface area contributed by atoms with Crippen molar-refractivity contribution >= 4 is 15.7 Å². The van der Waals surface area contributed by atoms with Gasteiger partial charge in [0.15, 0.2) is 4.90 Å². The zero-order valence-electron chi connectivity index (χ0n) is 11.0. The van der Waals surface area contributed by atoms with E-state index in [4.69, 9.17) is 10.5 Å². The summed E-state index contributed by atoms with van der Waals surface area (Å²) in [7, 11) is -2.81. The first kappa shape index (κ1) is 15.1. The molecule has 2 rings (SSSR count). The number of ether oxygens (including phenoxy) is 1. The predicted molar refractivity (Wildman–Crippen MR) is 69.6 cm³/mol. The first-order chi connectivity index (χ1) is 9.37. The molecule has 1 fully saturated rings. The molecule has 1 aliphatic rings. The van der Waals surface area contributed by atoms with Gasteiger partial charge >= 0.3 is 0 Å². The molecule has 0 amide bonds. The van der Waals surface area contributed by atoms with Gasteiger partial charge in [-0.3, -0.25) is 0 Å². The van der Waals surface area contributed by atoms with Crippen molar-refractivity contribution < 1.29 is 21.9 Å². The number of anilines is 1. The van der Waals surface area contributed by atoms with E-state index in [1.54, 1.807) is 0 Å². The normalized spacial score (nSPS) is 15.8. The van der Waals surface area contributed by atoms with E-state index in [0.717, 1.165) is 16.4 Å². The number of benzene rings is 1. The second kappa shape index (κ2) is 5.63. The van der Waals surface area contributed by atoms with E-state index in [2.05, 4.69) is 0 Å². The first-order valence-electron chi connectivity index (χ1n) is 6.13. The quantitative estimate of drug-likeness (QED) is 0.805. The first-order valence-corrected chi connectivity index (χ1v) is 7.57. The Morgan fingerprint density at radius 3 is 2.35 bits per heavy atom. The predicted octanol–water partition coefficient (Wildman–Crippen LogP) is 1.35. The minimum atomic E-state index is -4.24. The topological polar surface area (TPSA) is 72.6 Å². The molecule has 1 aromatic rings. The molecule has 1 aromatic carbocycles. The van der Waals surface area contributed by atoms with E-state index >= 15 is 0 Å². The molecule has 0 saturated heterocycles. The highest BCUT2D eigenvalue weighted by Crippen LogP contribution is 2.34. The Bertz CT molecular complexity index is 580. The molecule has 0 aromatic heterocycles. The van der Waals surface area contributed by atoms with Crippen LogP contribution in [0, 0.1) is 11.6 Å². The average Bonchev–Trinajstić information content (AvgIpc) is 3.11. The van der Waals surface area contributed by atoms with Crippen molar-refractivity contribution in [3.8, 4) is 0 Å². The highest BCUT2D eigenvalue weighted by atomic mass is 32.2. The minimum absolute atomic E-state index is 0.0623. The van der Waals surface area contributed by atoms with Crippen molar-refractivity contribution in [3.63, 3.8) is 0 Å². The fourth-order valence-electron chi connectivity index (χ4n) is 1.99. The molecule has 0 atom stereocenters. The molecule has 8 heteroatoms. The second-order valence-electron chi connectivity index (χ2n) is 4.65. The summed E-state index contributed by atoms with van der Waals surface area (Å²) in [4.78, 5) is -0.949. The van der Waals surface area contributed by atoms with Crippen molar-refractivity contribution in [2.45, 2.75) is 23.8 Å². The lowest BCUT2D eigenvalue weighted by Crippen LogP contribution is -2.36. The van der Waals surface area contributed by atoms with Crippen LogP contribution in [0.5, 0.6) is 0 Å². The molecule has 0 aliphatic heterocycles. The van der Waals surface area contributed by atoms with Crippen LogP contribution in [0.1, 0.15) is 12.8 Å². The van der Waals surface area contributed by atoms with Gasteiger partial charge in [0.2, 0.25) is 10.0 Å². The standard InChI is InChI=1S/C12H16F2N2O3S/c1-19-5-4-16(9-2-3-9)20(17,18)12-10(13)6-8(15)7-11(12)14/h6-7,9H,2-5,15H2,1H3. The summed E-state index contributed by atoms with van der Waals surface area (Å²) in [5.74, 6) is -2.35. The molecule has 0 unspecified atom stereocenters. The van der Waals surface area contributed by atoms with Gasteiger partial charge in [-0.05, 0) is 25.0 Å². The molecule has 20 heavy (non-hydrogen) atoms. The molecule has 0 radical (unpaired) electrons. The third kappa shape index (κ3) is 2.92. The van der Waals surface area contributed by atoms with Gasteiger partial charge in [-0.25, -0.2) is 17.2 Å². The summed E-state index contributed by atoms with van der Waals surface area (Å²) in [5, 5.41) is 0. The van der Waals surface area contributed by atoms with Crippen LogP contribution in [0.4, 0.5) is 14.5 Å². The van der Waals surface area contributed by atoms with E-state index in [-0.39, 0.29) is 24.9 Å². The molecule has 0 spiro atoms. The average molecular weight is 306 g/mol. The Labute approximate surface area is 116 Å². The van der Waals surface area contributed by atoms with Gasteiger partial charge < -0.3 is 10.5 Å². The fraction of sp³-hybridized carbons (Fsp3) is 0.500. The number of nitrogen functional groups attached to an aromatic ring is 1. The summed E-state index contributed by atoms with van der Waals surface area (Å²) < 4.78 is 58.4. The van der Waals surface area contributed by atoms with Crippen LogP contribution in [-0.4, -0.2) is 39.0 Å². The van der Waals surface area contributed by atoms with Crippen molar-refractivity contribution in [2.24, 2.45) is 0 Å². The van der Waals surface area contributed by atoms with E-state index in [0.29, 0.717) is 12.8 Å². The van der Waals surface area contributed by atoms with Gasteiger partial charge in [-0.15, -0.1) is 0 Å². The van der Waals surface area contributed by atoms with Gasteiger partial charge in [0, 0.05) is 25.4 Å². The maximum atomic E-state index is 13.8. The van der Waals surface area contributed by atoms with Crippen molar-refractivity contribution in [2.75, 3.05) is 26.0 Å². The summed E-state index contributed by atoms with van der Waals surface area (Å²) in [6, 6.07) is 1.39. The monoisotopic (exact) mass is 306 g/mol. The molecular weight excluding hydrogens is 290 g/mol. The zero-order valence-corrected chi connectivity index (χ0v) is 11.8. The maximum absolute atomic E-state index is 13.8. The van der Waals surface area contributed by atoms with Gasteiger partial charge in [0.1, 0.15) is 11.6 Å². The molecule has 2 N–H and O–H groups in total. The Morgan fingerprint density at radius 2 is 1.90 bits per heavy atom. The molecule has 0 heterocycles. The van der Waals surface area contributed by atoms with E-state index in [9.17, 15) is 17.2 Å². The number of methoxy groups -OCH3 is 1. The summed E-state index contributed by atoms with van der Waals surface area (Å²) in [5.41, 5.74) is 5.13. The van der Waals surface area contributed by atoms with Gasteiger partial charge in [0.05, 0.1) is 6.61 Å². The number of nitrogens with two attached hydrogens (primary N) is 1. The SMILES string of the molecule is COCCN(C1CC1)S(=O)(=O)c1c(F)cc(N)cc1F. The molecule has 0 bridgehead atoms. The Kier molecular flexibility index (Phi) is 4.26. The van der Waals surface area contributed by atoms with Crippen LogP contribution < -0.4 is 5.73 Å². The lowest BCUT2D eigenvalue weighted by atomic mass is 10.3. The fourth-order valence-corrected chi connectivity index (χ4v) is 3.75. The lowest BCUT2D eigenvalue weighted by Gasteiger charge is -2.22. The Hall–Kier alpha value is -1.25. The summed E-state index contributed by atoms with van der Waals surface area (Å²) in [6.07, 6.45) is 1.36. The molecule has 1 aliphatic carbocycles. The van der Waals surface area contributed by atoms with Crippen LogP contribution in [0.25, 0.3) is 0 Å². The van der Waals surface area contributed by atoms with E-state index in [1.165, 1.54) is 7.11 Å². The number of hydrogen-bond donors (Lipinski definition) is 1. The van der Waals surface area contributed by atoms with Crippen LogP contribution in [-0.2, 0) is 14.8 Å². The third-order valence-corrected chi connectivity index (χ3v) is 5.06. The lowest BCUT2D eigenvalue weighted by molar-refractivity contribution is 0.177. The smallest absolute Gasteiger partial charge is 0.249 e. The highest BCUT2D eigenvalue weighted by Gasteiger charge is 2.40. The number of sulfonamides is 1. The van der Waals surface area contributed by atoms with Crippen LogP contribution >= 0.6 is 0 Å². The maximum Gasteiger partial charge on any atom is 0.249 e. The third-order valence-electron chi connectivity index (χ3n) is 3.06. The number of nitrogens with zero attached hydrogens (tertiary/aromatic N) is 1. The van der Waals surface area contributed by atoms with Crippen LogP contribution in [0.2, 0.25) is 0 Å². The molecular formula is C12H16F2N2O3S. The zero-order chi connectivity index (χ0) is 14.9. The Balaban J connectivity index is 2.42. The molecule has 112 valence electrons. The summed E-state index contributed by atoms with van der Waals surface area (Å²) in [6.45, 7) is 0.223. The minimum Gasteiger partial charge on any atom is -0.399 e. The van der Waals surface area contributed by atoms with Crippen molar-refractivity contribution in [1.29, 1.82) is 0 Å². The number of rotatable bonds is 6. The largest absolute Gasteiger partial charge is 0.399 e. The Morgan fingerprint density at radius 1 is 1.35 bits per heavy atom. The summed E-state index contributed by atoms with van der Waals surface area (Å²) >= 11 is 0. The van der Waals surface area contributed by atoms with E-state index < -0.39 is 26.6 Å². The number of halogens is 2. The molecule has 5 nitrogen and oxygen atoms in total. The van der Waals surface area contributed by atoms with E-state index in [1.807, 2.05) is 0 Å². The second-order valence-corrected chi connectivity index (χ2v) is 6.48. The van der Waals surface area contributed by atoms with Crippen molar-refractivity contribution in [3.05, 3.63) is 23.8 Å². The van der Waals surface area contributed by atoms with Crippen LogP contribution in [0.15, 0.2) is 17.0 Å². The number of hydrogen-bond acceptors (Lipinski definition) is 4. The molecule has 1 saturated carbocycles. The highest BCUT2D eigenvalue weighted by molar-refractivity contribution is 7.89. The van der Waals surface area contributed by atoms with Gasteiger partial charge in [-0.1, -0.05) is 0 Å². The van der Waals surface area contributed by atoms with Gasteiger partial charge in [0.25, 0.3) is 0 Å². The van der Waals surface area contributed by atoms with Gasteiger partial charge in [-0.2, -0.15) is 4.31 Å². The van der Waals surface area contributed by atoms with Crippen molar-refractivity contribution in [1.82, 2.24) is 4.31 Å². The van der Waals surface area contributed by atoms with Crippen LogP contribution in [0.3, 0.4) is 0 Å².